The number of hydrogen-bond donors (Lipinski definition) is 2. The summed E-state index contributed by atoms with van der Waals surface area (Å²) in [5.74, 6) is 0.546. The van der Waals surface area contributed by atoms with Crippen LogP contribution in [-0.4, -0.2) is 35.3 Å². The van der Waals surface area contributed by atoms with Gasteiger partial charge in [-0.1, -0.05) is 19.9 Å². The zero-order valence-electron chi connectivity index (χ0n) is 11.3. The highest BCUT2D eigenvalue weighted by Gasteiger charge is 2.30. The normalized spacial score (nSPS) is 22.7. The van der Waals surface area contributed by atoms with E-state index in [2.05, 4.69) is 24.1 Å². The van der Waals surface area contributed by atoms with Crippen LogP contribution in [0.25, 0.3) is 0 Å². The minimum atomic E-state index is -1.01. The third-order valence-corrected chi connectivity index (χ3v) is 3.43. The molecule has 5 heteroatoms. The summed E-state index contributed by atoms with van der Waals surface area (Å²) < 4.78 is 5.72. The van der Waals surface area contributed by atoms with Gasteiger partial charge in [-0.2, -0.15) is 0 Å². The summed E-state index contributed by atoms with van der Waals surface area (Å²) in [5, 5.41) is 12.1. The number of carboxylic acids is 1. The average molecular weight is 264 g/mol. The molecule has 1 fully saturated rings. The number of rotatable bonds is 5. The quantitative estimate of drug-likeness (QED) is 0.853. The van der Waals surface area contributed by atoms with Gasteiger partial charge in [0.25, 0.3) is 0 Å². The van der Waals surface area contributed by atoms with Gasteiger partial charge < -0.3 is 15.2 Å². The molecule has 2 heterocycles. The van der Waals surface area contributed by atoms with E-state index < -0.39 is 5.97 Å². The van der Waals surface area contributed by atoms with E-state index in [4.69, 9.17) is 9.84 Å². The number of carbonyl (C=O) groups is 1. The van der Waals surface area contributed by atoms with E-state index >= 15 is 0 Å². The molecule has 1 aromatic rings. The Labute approximate surface area is 113 Å². The molecule has 0 spiro atoms. The van der Waals surface area contributed by atoms with Crippen LogP contribution in [0.5, 0.6) is 0 Å². The zero-order chi connectivity index (χ0) is 13.8. The Morgan fingerprint density at radius 1 is 1.58 bits per heavy atom. The summed E-state index contributed by atoms with van der Waals surface area (Å²) in [5.41, 5.74) is 0.0630. The lowest BCUT2D eigenvalue weighted by Gasteiger charge is -2.22. The van der Waals surface area contributed by atoms with Gasteiger partial charge in [0.2, 0.25) is 0 Å². The largest absolute Gasteiger partial charge is 0.477 e. The first-order chi connectivity index (χ1) is 9.08. The molecule has 0 unspecified atom stereocenters. The maximum atomic E-state index is 10.8. The van der Waals surface area contributed by atoms with E-state index in [9.17, 15) is 4.79 Å². The molecule has 19 heavy (non-hydrogen) atoms. The predicted octanol–water partition coefficient (Wildman–Crippen LogP) is 2.25. The van der Waals surface area contributed by atoms with Crippen LogP contribution in [0.1, 0.15) is 30.8 Å². The van der Waals surface area contributed by atoms with Gasteiger partial charge >= 0.3 is 5.97 Å². The van der Waals surface area contributed by atoms with Crippen molar-refractivity contribution in [3.8, 4) is 0 Å². The van der Waals surface area contributed by atoms with Gasteiger partial charge in [0.15, 0.2) is 5.69 Å². The molecule has 0 radical (unpaired) electrons. The first-order valence-corrected chi connectivity index (χ1v) is 6.63. The van der Waals surface area contributed by atoms with Crippen LogP contribution in [0.3, 0.4) is 0 Å². The standard InChI is InChI=1S/C14H20N2O3/c1-9(2)13-10(6-7-19-13)8-15-12-5-3-4-11(16-12)14(17)18/h3-5,9-10,13H,6-8H2,1-2H3,(H,15,16)(H,17,18)/t10-,13-/m1/s1. The number of nitrogens with zero attached hydrogens (tertiary/aromatic N) is 1. The fourth-order valence-electron chi connectivity index (χ4n) is 2.50. The fraction of sp³-hybridized carbons (Fsp3) is 0.571. The highest BCUT2D eigenvalue weighted by atomic mass is 16.5. The lowest BCUT2D eigenvalue weighted by molar-refractivity contribution is 0.0566. The third-order valence-electron chi connectivity index (χ3n) is 3.43. The number of ether oxygens (including phenoxy) is 1. The Kier molecular flexibility index (Phi) is 4.37. The third kappa shape index (κ3) is 3.44. The van der Waals surface area contributed by atoms with E-state index in [-0.39, 0.29) is 11.8 Å². The molecule has 5 nitrogen and oxygen atoms in total. The Bertz CT molecular complexity index is 448. The van der Waals surface area contributed by atoms with Crippen molar-refractivity contribution in [2.24, 2.45) is 11.8 Å². The number of pyridine rings is 1. The molecular weight excluding hydrogens is 244 g/mol. The summed E-state index contributed by atoms with van der Waals surface area (Å²) in [6.45, 7) is 5.88. The topological polar surface area (TPSA) is 71.5 Å². The summed E-state index contributed by atoms with van der Waals surface area (Å²) in [6.07, 6.45) is 1.31. The summed E-state index contributed by atoms with van der Waals surface area (Å²) >= 11 is 0. The van der Waals surface area contributed by atoms with E-state index in [1.165, 1.54) is 6.07 Å². The molecule has 0 saturated carbocycles. The zero-order valence-corrected chi connectivity index (χ0v) is 11.3. The number of nitrogens with one attached hydrogen (secondary N) is 1. The van der Waals surface area contributed by atoms with E-state index in [0.717, 1.165) is 19.6 Å². The molecule has 1 saturated heterocycles. The van der Waals surface area contributed by atoms with Gasteiger partial charge in [-0.05, 0) is 24.5 Å². The number of carboxylic acid groups (broad SMARTS) is 1. The van der Waals surface area contributed by atoms with Gasteiger partial charge in [0.1, 0.15) is 5.82 Å². The van der Waals surface area contributed by atoms with E-state index in [1.54, 1.807) is 12.1 Å². The van der Waals surface area contributed by atoms with Crippen LogP contribution in [0.4, 0.5) is 5.82 Å². The summed E-state index contributed by atoms with van der Waals surface area (Å²) in [6, 6.07) is 4.97. The van der Waals surface area contributed by atoms with Crippen LogP contribution in [-0.2, 0) is 4.74 Å². The molecule has 104 valence electrons. The van der Waals surface area contributed by atoms with Crippen molar-refractivity contribution in [2.45, 2.75) is 26.4 Å². The second-order valence-corrected chi connectivity index (χ2v) is 5.22. The molecular formula is C14H20N2O3. The van der Waals surface area contributed by atoms with Gasteiger partial charge in [0, 0.05) is 19.1 Å². The number of hydrogen-bond acceptors (Lipinski definition) is 4. The summed E-state index contributed by atoms with van der Waals surface area (Å²) in [4.78, 5) is 14.9. The lowest BCUT2D eigenvalue weighted by atomic mass is 9.93. The molecule has 1 aromatic heterocycles. The van der Waals surface area contributed by atoms with Gasteiger partial charge in [-0.3, -0.25) is 0 Å². The Morgan fingerprint density at radius 2 is 2.37 bits per heavy atom. The van der Waals surface area contributed by atoms with Crippen molar-refractivity contribution < 1.29 is 14.6 Å². The molecule has 0 aromatic carbocycles. The molecule has 1 aliphatic heterocycles. The molecule has 0 bridgehead atoms. The fourth-order valence-corrected chi connectivity index (χ4v) is 2.50. The highest BCUT2D eigenvalue weighted by Crippen LogP contribution is 2.26. The van der Waals surface area contributed by atoms with Gasteiger partial charge in [-0.25, -0.2) is 9.78 Å². The molecule has 0 aliphatic carbocycles. The van der Waals surface area contributed by atoms with Crippen LogP contribution < -0.4 is 5.32 Å². The number of aromatic nitrogens is 1. The van der Waals surface area contributed by atoms with Crippen LogP contribution in [0.15, 0.2) is 18.2 Å². The van der Waals surface area contributed by atoms with Crippen LogP contribution in [0, 0.1) is 11.8 Å². The van der Waals surface area contributed by atoms with Crippen molar-refractivity contribution >= 4 is 11.8 Å². The van der Waals surface area contributed by atoms with Crippen molar-refractivity contribution in [1.29, 1.82) is 0 Å². The summed E-state index contributed by atoms with van der Waals surface area (Å²) in [7, 11) is 0. The Morgan fingerprint density at radius 3 is 3.05 bits per heavy atom. The highest BCUT2D eigenvalue weighted by molar-refractivity contribution is 5.85. The van der Waals surface area contributed by atoms with E-state index in [0.29, 0.717) is 17.7 Å². The average Bonchev–Trinajstić information content (AvgIpc) is 2.85. The van der Waals surface area contributed by atoms with Gasteiger partial charge in [-0.15, -0.1) is 0 Å². The second-order valence-electron chi connectivity index (χ2n) is 5.22. The van der Waals surface area contributed by atoms with Crippen molar-refractivity contribution in [1.82, 2.24) is 4.98 Å². The second kappa shape index (κ2) is 6.02. The van der Waals surface area contributed by atoms with Crippen LogP contribution in [0.2, 0.25) is 0 Å². The van der Waals surface area contributed by atoms with Gasteiger partial charge in [0.05, 0.1) is 6.10 Å². The molecule has 2 atom stereocenters. The predicted molar refractivity (Wildman–Crippen MR) is 72.4 cm³/mol. The molecule has 2 rings (SSSR count). The number of anilines is 1. The maximum absolute atomic E-state index is 10.8. The minimum Gasteiger partial charge on any atom is -0.477 e. The smallest absolute Gasteiger partial charge is 0.354 e. The SMILES string of the molecule is CC(C)[C@H]1OCC[C@@H]1CNc1cccc(C(=O)O)n1. The van der Waals surface area contributed by atoms with Crippen molar-refractivity contribution in [3.05, 3.63) is 23.9 Å². The molecule has 1 aliphatic rings. The molecule has 2 N–H and O–H groups in total. The Hall–Kier alpha value is -1.62. The van der Waals surface area contributed by atoms with E-state index in [1.807, 2.05) is 0 Å². The lowest BCUT2D eigenvalue weighted by Crippen LogP contribution is -2.28. The molecule has 0 amide bonds. The minimum absolute atomic E-state index is 0.0630. The van der Waals surface area contributed by atoms with Crippen molar-refractivity contribution in [2.75, 3.05) is 18.5 Å². The monoisotopic (exact) mass is 264 g/mol. The Balaban J connectivity index is 1.95. The number of aromatic carboxylic acids is 1. The van der Waals surface area contributed by atoms with Crippen LogP contribution >= 0.6 is 0 Å². The first-order valence-electron chi connectivity index (χ1n) is 6.63. The van der Waals surface area contributed by atoms with Crippen molar-refractivity contribution in [3.63, 3.8) is 0 Å². The first kappa shape index (κ1) is 13.8. The maximum Gasteiger partial charge on any atom is 0.354 e.